The maximum absolute atomic E-state index is 13.2. The topological polar surface area (TPSA) is 117 Å². The SMILES string of the molecule is O=C(C1=C(O)C(=O)N(c2nnc(SCc3ccccc3)s2)[C@@H]1c1ccc(O)cc1)c1ccco1. The number of nitrogens with zero attached hydrogens (tertiary/aromatic N) is 3. The molecule has 0 saturated heterocycles. The highest BCUT2D eigenvalue weighted by Gasteiger charge is 2.46. The second-order valence-corrected chi connectivity index (χ2v) is 9.54. The predicted octanol–water partition coefficient (Wildman–Crippen LogP) is 4.91. The fraction of sp³-hybridized carbons (Fsp3) is 0.0833. The number of hydrogen-bond acceptors (Lipinski definition) is 9. The molecule has 3 heterocycles. The Bertz CT molecular complexity index is 1370. The van der Waals surface area contributed by atoms with Crippen LogP contribution in [0.1, 0.15) is 27.7 Å². The Labute approximate surface area is 202 Å². The van der Waals surface area contributed by atoms with Gasteiger partial charge in [0.1, 0.15) is 5.75 Å². The molecule has 2 aromatic carbocycles. The van der Waals surface area contributed by atoms with Crippen molar-refractivity contribution in [3.8, 4) is 5.75 Å². The number of amides is 1. The fourth-order valence-corrected chi connectivity index (χ4v) is 5.45. The van der Waals surface area contributed by atoms with Gasteiger partial charge in [-0.05, 0) is 35.4 Å². The Kier molecular flexibility index (Phi) is 5.91. The Balaban J connectivity index is 1.50. The molecule has 0 spiro atoms. The number of anilines is 1. The van der Waals surface area contributed by atoms with Crippen LogP contribution in [0.15, 0.2) is 93.1 Å². The van der Waals surface area contributed by atoms with Crippen molar-refractivity contribution < 1.29 is 24.2 Å². The number of hydrogen-bond donors (Lipinski definition) is 2. The van der Waals surface area contributed by atoms with Crippen LogP contribution in [0.4, 0.5) is 5.13 Å². The summed E-state index contributed by atoms with van der Waals surface area (Å²) in [6.07, 6.45) is 1.34. The van der Waals surface area contributed by atoms with E-state index in [0.717, 1.165) is 5.56 Å². The zero-order chi connectivity index (χ0) is 23.7. The Morgan fingerprint density at radius 1 is 1.03 bits per heavy atom. The molecule has 0 bridgehead atoms. The molecule has 5 rings (SSSR count). The van der Waals surface area contributed by atoms with Gasteiger partial charge in [-0.15, -0.1) is 10.2 Å². The van der Waals surface area contributed by atoms with E-state index in [-0.39, 0.29) is 22.2 Å². The summed E-state index contributed by atoms with van der Waals surface area (Å²) < 4.78 is 5.86. The summed E-state index contributed by atoms with van der Waals surface area (Å²) in [7, 11) is 0. The first-order valence-corrected chi connectivity index (χ1v) is 12.0. The third-order valence-electron chi connectivity index (χ3n) is 5.21. The minimum Gasteiger partial charge on any atom is -0.508 e. The van der Waals surface area contributed by atoms with E-state index in [0.29, 0.717) is 15.7 Å². The lowest BCUT2D eigenvalue weighted by atomic mass is 9.95. The number of Topliss-reactive ketones (excluding diaryl/α,β-unsaturated/α-hetero) is 1. The van der Waals surface area contributed by atoms with Gasteiger partial charge in [0.2, 0.25) is 10.9 Å². The zero-order valence-corrected chi connectivity index (χ0v) is 19.1. The van der Waals surface area contributed by atoms with Crippen molar-refractivity contribution >= 4 is 39.9 Å². The number of carbonyl (C=O) groups is 2. The second kappa shape index (κ2) is 9.16. The number of phenolic OH excluding ortho intramolecular Hbond substituents is 1. The second-order valence-electron chi connectivity index (χ2n) is 7.36. The van der Waals surface area contributed by atoms with E-state index in [1.807, 2.05) is 30.3 Å². The summed E-state index contributed by atoms with van der Waals surface area (Å²) in [5, 5.41) is 29.1. The summed E-state index contributed by atoms with van der Waals surface area (Å²) in [6, 6.07) is 18.0. The van der Waals surface area contributed by atoms with Crippen molar-refractivity contribution in [1.29, 1.82) is 0 Å². The van der Waals surface area contributed by atoms with Gasteiger partial charge in [0.25, 0.3) is 5.91 Å². The van der Waals surface area contributed by atoms with E-state index >= 15 is 0 Å². The maximum atomic E-state index is 13.2. The van der Waals surface area contributed by atoms with Crippen molar-refractivity contribution in [1.82, 2.24) is 10.2 Å². The van der Waals surface area contributed by atoms with Gasteiger partial charge in [-0.3, -0.25) is 14.5 Å². The number of furan rings is 1. The van der Waals surface area contributed by atoms with E-state index in [4.69, 9.17) is 4.42 Å². The molecule has 0 fully saturated rings. The highest BCUT2D eigenvalue weighted by molar-refractivity contribution is 8.00. The largest absolute Gasteiger partial charge is 0.508 e. The lowest BCUT2D eigenvalue weighted by molar-refractivity contribution is -0.117. The van der Waals surface area contributed by atoms with Crippen LogP contribution in [0.2, 0.25) is 0 Å². The Hall–Kier alpha value is -3.89. The average Bonchev–Trinajstić information content (AvgIpc) is 3.60. The predicted molar refractivity (Wildman–Crippen MR) is 127 cm³/mol. The van der Waals surface area contributed by atoms with Gasteiger partial charge in [0, 0.05) is 5.75 Å². The van der Waals surface area contributed by atoms with Crippen LogP contribution in [-0.2, 0) is 10.5 Å². The third kappa shape index (κ3) is 4.09. The first kappa shape index (κ1) is 21.9. The van der Waals surface area contributed by atoms with Crippen molar-refractivity contribution in [3.63, 3.8) is 0 Å². The average molecular weight is 492 g/mol. The molecule has 10 heteroatoms. The molecule has 1 amide bonds. The standard InChI is InChI=1S/C24H17N3O5S2/c28-16-10-8-15(9-11-16)19-18(20(29)17-7-4-12-32-17)21(30)22(31)27(19)23-25-26-24(34-23)33-13-14-5-2-1-3-6-14/h1-12,19,28,30H,13H2/t19-/m1/s1. The van der Waals surface area contributed by atoms with E-state index < -0.39 is 23.5 Å². The summed E-state index contributed by atoms with van der Waals surface area (Å²) in [5.74, 6) is -1.34. The summed E-state index contributed by atoms with van der Waals surface area (Å²) in [5.41, 5.74) is 1.51. The van der Waals surface area contributed by atoms with Gasteiger partial charge in [-0.2, -0.15) is 0 Å². The molecule has 0 aliphatic carbocycles. The molecule has 4 aromatic rings. The van der Waals surface area contributed by atoms with Gasteiger partial charge in [-0.1, -0.05) is 65.6 Å². The molecule has 1 atom stereocenters. The number of aromatic hydroxyl groups is 1. The number of aliphatic hydroxyl groups excluding tert-OH is 1. The van der Waals surface area contributed by atoms with Crippen LogP contribution in [-0.4, -0.2) is 32.1 Å². The van der Waals surface area contributed by atoms with Crippen LogP contribution in [0, 0.1) is 0 Å². The van der Waals surface area contributed by atoms with Gasteiger partial charge in [-0.25, -0.2) is 0 Å². The molecule has 1 aliphatic heterocycles. The minimum atomic E-state index is -0.967. The first-order chi connectivity index (χ1) is 16.5. The van der Waals surface area contributed by atoms with Gasteiger partial charge in [0.05, 0.1) is 17.9 Å². The number of aliphatic hydroxyl groups is 1. The van der Waals surface area contributed by atoms with Crippen LogP contribution in [0.5, 0.6) is 5.75 Å². The fourth-order valence-electron chi connectivity index (χ4n) is 3.62. The lowest BCUT2D eigenvalue weighted by Gasteiger charge is -2.23. The minimum absolute atomic E-state index is 0.00338. The summed E-state index contributed by atoms with van der Waals surface area (Å²) in [4.78, 5) is 27.6. The van der Waals surface area contributed by atoms with Gasteiger partial charge in [0.15, 0.2) is 15.9 Å². The molecule has 0 radical (unpaired) electrons. The molecule has 0 saturated carbocycles. The summed E-state index contributed by atoms with van der Waals surface area (Å²) >= 11 is 2.67. The zero-order valence-electron chi connectivity index (χ0n) is 17.5. The normalized spacial score (nSPS) is 15.8. The molecular formula is C24H17N3O5S2. The van der Waals surface area contributed by atoms with E-state index in [9.17, 15) is 19.8 Å². The highest BCUT2D eigenvalue weighted by Crippen LogP contribution is 2.44. The van der Waals surface area contributed by atoms with Gasteiger partial charge >= 0.3 is 0 Å². The quantitative estimate of drug-likeness (QED) is 0.213. The molecular weight excluding hydrogens is 474 g/mol. The van der Waals surface area contributed by atoms with Crippen LogP contribution in [0.25, 0.3) is 0 Å². The molecule has 8 nitrogen and oxygen atoms in total. The maximum Gasteiger partial charge on any atom is 0.296 e. The number of rotatable bonds is 7. The van der Waals surface area contributed by atoms with Crippen LogP contribution < -0.4 is 4.90 Å². The number of phenols is 1. The summed E-state index contributed by atoms with van der Waals surface area (Å²) in [6.45, 7) is 0. The number of aromatic nitrogens is 2. The van der Waals surface area contributed by atoms with Gasteiger partial charge < -0.3 is 14.6 Å². The van der Waals surface area contributed by atoms with E-state index in [1.54, 1.807) is 18.2 Å². The Morgan fingerprint density at radius 3 is 2.50 bits per heavy atom. The lowest BCUT2D eigenvalue weighted by Crippen LogP contribution is -2.31. The Morgan fingerprint density at radius 2 is 1.79 bits per heavy atom. The molecule has 34 heavy (non-hydrogen) atoms. The third-order valence-corrected chi connectivity index (χ3v) is 7.34. The molecule has 0 unspecified atom stereocenters. The number of ketones is 1. The number of carbonyl (C=O) groups excluding carboxylic acids is 2. The van der Waals surface area contributed by atoms with Crippen LogP contribution in [0.3, 0.4) is 0 Å². The highest BCUT2D eigenvalue weighted by atomic mass is 32.2. The van der Waals surface area contributed by atoms with Crippen molar-refractivity contribution in [2.24, 2.45) is 0 Å². The van der Waals surface area contributed by atoms with Crippen molar-refractivity contribution in [2.75, 3.05) is 4.90 Å². The molecule has 170 valence electrons. The first-order valence-electron chi connectivity index (χ1n) is 10.2. The molecule has 2 N–H and O–H groups in total. The number of benzene rings is 2. The molecule has 2 aromatic heterocycles. The van der Waals surface area contributed by atoms with Crippen molar-refractivity contribution in [2.45, 2.75) is 16.1 Å². The number of thioether (sulfide) groups is 1. The van der Waals surface area contributed by atoms with Crippen LogP contribution >= 0.6 is 23.1 Å². The molecule has 1 aliphatic rings. The monoisotopic (exact) mass is 491 g/mol. The van der Waals surface area contributed by atoms with E-state index in [2.05, 4.69) is 10.2 Å². The van der Waals surface area contributed by atoms with Crippen molar-refractivity contribution in [3.05, 3.63) is 101 Å². The van der Waals surface area contributed by atoms with E-state index in [1.165, 1.54) is 52.5 Å². The smallest absolute Gasteiger partial charge is 0.296 e.